The Balaban J connectivity index is 1.81. The van der Waals surface area contributed by atoms with E-state index in [0.717, 1.165) is 17.7 Å². The lowest BCUT2D eigenvalue weighted by Crippen LogP contribution is -2.38. The van der Waals surface area contributed by atoms with Crippen LogP contribution in [0.2, 0.25) is 5.02 Å². The molecule has 1 saturated heterocycles. The van der Waals surface area contributed by atoms with Gasteiger partial charge in [0.2, 0.25) is 11.8 Å². The summed E-state index contributed by atoms with van der Waals surface area (Å²) in [5.74, 6) is -1.33. The predicted molar refractivity (Wildman–Crippen MR) is 82.9 cm³/mol. The number of halogens is 1. The number of nitrogens with zero attached hydrogens (tertiary/aromatic N) is 2. The van der Waals surface area contributed by atoms with Crippen LogP contribution in [0.3, 0.4) is 0 Å². The van der Waals surface area contributed by atoms with Crippen LogP contribution in [0.5, 0.6) is 0 Å². The Morgan fingerprint density at radius 2 is 1.65 bits per heavy atom. The summed E-state index contributed by atoms with van der Waals surface area (Å²) in [6.07, 6.45) is 5.80. The SMILES string of the molecule is O=C1[C@H]2[C@H](C(=O)N1c1ccc(Cl)cc1[N+](=O)[O-])[C@H]1C=C[C@H]2CC1. The highest BCUT2D eigenvalue weighted by Crippen LogP contribution is 2.51. The maximum atomic E-state index is 12.8. The Bertz CT molecular complexity index is 743. The zero-order chi connectivity index (χ0) is 16.3. The molecule has 6 nitrogen and oxygen atoms in total. The van der Waals surface area contributed by atoms with Gasteiger partial charge in [0, 0.05) is 11.1 Å². The van der Waals surface area contributed by atoms with Crippen molar-refractivity contribution in [1.82, 2.24) is 0 Å². The number of hydrogen-bond acceptors (Lipinski definition) is 4. The van der Waals surface area contributed by atoms with E-state index in [1.165, 1.54) is 18.2 Å². The van der Waals surface area contributed by atoms with Crippen LogP contribution in [-0.2, 0) is 9.59 Å². The molecule has 1 aromatic carbocycles. The third-order valence-electron chi connectivity index (χ3n) is 5.13. The first-order valence-electron chi connectivity index (χ1n) is 7.49. The molecule has 0 spiro atoms. The standard InChI is InChI=1S/C16H13ClN2O4/c17-10-5-6-11(12(7-10)19(22)23)18-15(20)13-8-1-2-9(4-3-8)14(13)16(18)21/h1-2,5-9,13-14H,3-4H2/t8-,9-,13+,14+/m0/s1. The molecule has 23 heavy (non-hydrogen) atoms. The predicted octanol–water partition coefficient (Wildman–Crippen LogP) is 2.95. The van der Waals surface area contributed by atoms with Crippen LogP contribution in [0.15, 0.2) is 30.4 Å². The third kappa shape index (κ3) is 1.94. The molecular weight excluding hydrogens is 320 g/mol. The van der Waals surface area contributed by atoms with Crippen molar-refractivity contribution >= 4 is 34.8 Å². The van der Waals surface area contributed by atoms with E-state index in [2.05, 4.69) is 0 Å². The van der Waals surface area contributed by atoms with Crippen molar-refractivity contribution in [3.63, 3.8) is 0 Å². The van der Waals surface area contributed by atoms with E-state index in [1.54, 1.807) is 0 Å². The Hall–Kier alpha value is -2.21. The monoisotopic (exact) mass is 332 g/mol. The molecule has 2 bridgehead atoms. The fraction of sp³-hybridized carbons (Fsp3) is 0.375. The summed E-state index contributed by atoms with van der Waals surface area (Å²) in [5, 5.41) is 11.5. The normalized spacial score (nSPS) is 31.6. The second-order valence-electron chi connectivity index (χ2n) is 6.24. The first-order chi connectivity index (χ1) is 11.0. The summed E-state index contributed by atoms with van der Waals surface area (Å²) in [4.78, 5) is 37.3. The second-order valence-corrected chi connectivity index (χ2v) is 6.68. The minimum Gasteiger partial charge on any atom is -0.274 e. The van der Waals surface area contributed by atoms with Gasteiger partial charge in [-0.15, -0.1) is 0 Å². The quantitative estimate of drug-likeness (QED) is 0.361. The Kier molecular flexibility index (Phi) is 3.06. The molecule has 5 rings (SSSR count). The summed E-state index contributed by atoms with van der Waals surface area (Å²) < 4.78 is 0. The van der Waals surface area contributed by atoms with Gasteiger partial charge < -0.3 is 0 Å². The van der Waals surface area contributed by atoms with Crippen molar-refractivity contribution in [2.24, 2.45) is 23.7 Å². The molecule has 3 aliphatic carbocycles. The van der Waals surface area contributed by atoms with Gasteiger partial charge >= 0.3 is 0 Å². The summed E-state index contributed by atoms with van der Waals surface area (Å²) in [5.41, 5.74) is -0.304. The van der Waals surface area contributed by atoms with Gasteiger partial charge in [-0.25, -0.2) is 4.90 Å². The van der Waals surface area contributed by atoms with Crippen LogP contribution < -0.4 is 4.90 Å². The molecule has 1 saturated carbocycles. The lowest BCUT2D eigenvalue weighted by Gasteiger charge is -2.38. The summed E-state index contributed by atoms with van der Waals surface area (Å²) in [6.45, 7) is 0. The second kappa shape index (κ2) is 4.89. The Labute approximate surface area is 136 Å². The first kappa shape index (κ1) is 14.4. The van der Waals surface area contributed by atoms with Gasteiger partial charge in [0.1, 0.15) is 5.69 Å². The molecule has 7 heteroatoms. The number of allylic oxidation sites excluding steroid dienone is 2. The minimum atomic E-state index is -0.614. The maximum Gasteiger partial charge on any atom is 0.294 e. The number of hydrogen-bond donors (Lipinski definition) is 0. The smallest absolute Gasteiger partial charge is 0.274 e. The van der Waals surface area contributed by atoms with E-state index in [0.29, 0.717) is 0 Å². The van der Waals surface area contributed by atoms with E-state index < -0.39 is 4.92 Å². The Morgan fingerprint density at radius 3 is 2.13 bits per heavy atom. The molecule has 4 atom stereocenters. The number of anilines is 1. The van der Waals surface area contributed by atoms with Crippen LogP contribution in [0, 0.1) is 33.8 Å². The summed E-state index contributed by atoms with van der Waals surface area (Å²) >= 11 is 5.82. The van der Waals surface area contributed by atoms with E-state index in [1.807, 2.05) is 12.2 Å². The van der Waals surface area contributed by atoms with E-state index in [4.69, 9.17) is 11.6 Å². The van der Waals surface area contributed by atoms with Gasteiger partial charge in [0.05, 0.1) is 16.8 Å². The zero-order valence-electron chi connectivity index (χ0n) is 12.0. The van der Waals surface area contributed by atoms with Gasteiger partial charge in [-0.1, -0.05) is 23.8 Å². The number of carbonyl (C=O) groups is 2. The molecule has 0 radical (unpaired) electrons. The van der Waals surface area contributed by atoms with Crippen molar-refractivity contribution in [3.8, 4) is 0 Å². The summed E-state index contributed by atoms with van der Waals surface area (Å²) in [7, 11) is 0. The number of amides is 2. The van der Waals surface area contributed by atoms with Crippen LogP contribution in [0.4, 0.5) is 11.4 Å². The van der Waals surface area contributed by atoms with Crippen molar-refractivity contribution in [1.29, 1.82) is 0 Å². The van der Waals surface area contributed by atoms with E-state index in [9.17, 15) is 19.7 Å². The Morgan fingerprint density at radius 1 is 1.09 bits per heavy atom. The molecule has 0 unspecified atom stereocenters. The molecule has 2 fully saturated rings. The van der Waals surface area contributed by atoms with Crippen LogP contribution >= 0.6 is 11.6 Å². The molecule has 1 heterocycles. The number of fused-ring (bicyclic) bond motifs is 1. The average molecular weight is 333 g/mol. The lowest BCUT2D eigenvalue weighted by atomic mass is 9.63. The average Bonchev–Trinajstić information content (AvgIpc) is 2.82. The van der Waals surface area contributed by atoms with Crippen LogP contribution in [-0.4, -0.2) is 16.7 Å². The molecule has 0 N–H and O–H groups in total. The molecule has 118 valence electrons. The zero-order valence-corrected chi connectivity index (χ0v) is 12.8. The highest BCUT2D eigenvalue weighted by Gasteiger charge is 2.57. The fourth-order valence-corrected chi connectivity index (χ4v) is 4.31. The maximum absolute atomic E-state index is 12.8. The van der Waals surface area contributed by atoms with Gasteiger partial charge in [-0.2, -0.15) is 0 Å². The topological polar surface area (TPSA) is 80.5 Å². The fourth-order valence-electron chi connectivity index (χ4n) is 4.14. The lowest BCUT2D eigenvalue weighted by molar-refractivity contribution is -0.384. The van der Waals surface area contributed by atoms with Gasteiger partial charge in [0.25, 0.3) is 5.69 Å². The number of imide groups is 1. The van der Waals surface area contributed by atoms with E-state index in [-0.39, 0.29) is 51.9 Å². The highest BCUT2D eigenvalue weighted by molar-refractivity contribution is 6.31. The summed E-state index contributed by atoms with van der Waals surface area (Å²) in [6, 6.07) is 4.01. The van der Waals surface area contributed by atoms with Crippen molar-refractivity contribution < 1.29 is 14.5 Å². The first-order valence-corrected chi connectivity index (χ1v) is 7.87. The van der Waals surface area contributed by atoms with E-state index >= 15 is 0 Å². The number of carbonyl (C=O) groups excluding carboxylic acids is 2. The van der Waals surface area contributed by atoms with Gasteiger partial charge in [0.15, 0.2) is 0 Å². The van der Waals surface area contributed by atoms with Gasteiger partial charge in [-0.3, -0.25) is 19.7 Å². The number of nitro benzene ring substituents is 1. The number of benzene rings is 1. The number of nitro groups is 1. The van der Waals surface area contributed by atoms with Crippen molar-refractivity contribution in [2.75, 3.05) is 4.90 Å². The third-order valence-corrected chi connectivity index (χ3v) is 5.37. The molecule has 1 aliphatic heterocycles. The largest absolute Gasteiger partial charge is 0.294 e. The molecule has 4 aliphatic rings. The molecule has 1 aromatic rings. The van der Waals surface area contributed by atoms with Crippen molar-refractivity contribution in [2.45, 2.75) is 12.8 Å². The van der Waals surface area contributed by atoms with Crippen LogP contribution in [0.1, 0.15) is 12.8 Å². The highest BCUT2D eigenvalue weighted by atomic mass is 35.5. The molecular formula is C16H13ClN2O4. The number of rotatable bonds is 2. The minimum absolute atomic E-state index is 0.0169. The van der Waals surface area contributed by atoms with Gasteiger partial charge in [-0.05, 0) is 36.8 Å². The molecule has 0 aromatic heterocycles. The molecule has 2 amide bonds. The van der Waals surface area contributed by atoms with Crippen LogP contribution in [0.25, 0.3) is 0 Å². The van der Waals surface area contributed by atoms with Crippen molar-refractivity contribution in [3.05, 3.63) is 45.5 Å².